The summed E-state index contributed by atoms with van der Waals surface area (Å²) in [4.78, 5) is 35.9. The minimum absolute atomic E-state index is 0.0361. The summed E-state index contributed by atoms with van der Waals surface area (Å²) in [5.41, 5.74) is 6.20. The van der Waals surface area contributed by atoms with Crippen molar-refractivity contribution in [1.29, 1.82) is 0 Å². The Morgan fingerprint density at radius 2 is 2.10 bits per heavy atom. The molecule has 3 amide bonds. The predicted octanol–water partition coefficient (Wildman–Crippen LogP) is 1.03. The maximum Gasteiger partial charge on any atom is 0.337 e. The Kier molecular flexibility index (Phi) is 4.11. The number of carbonyl (C=O) groups is 3. The molecule has 1 fully saturated rings. The van der Waals surface area contributed by atoms with Gasteiger partial charge in [0.2, 0.25) is 5.91 Å². The van der Waals surface area contributed by atoms with E-state index in [0.29, 0.717) is 18.5 Å². The van der Waals surface area contributed by atoms with E-state index in [1.54, 1.807) is 19.1 Å². The Morgan fingerprint density at radius 1 is 1.38 bits per heavy atom. The number of aryl methyl sites for hydroxylation is 1. The first-order chi connectivity index (χ1) is 9.90. The first-order valence-corrected chi connectivity index (χ1v) is 6.58. The van der Waals surface area contributed by atoms with Crippen LogP contribution < -0.4 is 11.1 Å². The number of nitrogens with one attached hydrogen (secondary N) is 1. The van der Waals surface area contributed by atoms with Crippen LogP contribution in [0.1, 0.15) is 22.3 Å². The van der Waals surface area contributed by atoms with Crippen molar-refractivity contribution in [2.45, 2.75) is 13.3 Å². The second-order valence-corrected chi connectivity index (χ2v) is 5.07. The molecule has 7 nitrogen and oxygen atoms in total. The van der Waals surface area contributed by atoms with Gasteiger partial charge in [-0.2, -0.15) is 0 Å². The van der Waals surface area contributed by atoms with Crippen molar-refractivity contribution in [1.82, 2.24) is 4.90 Å². The number of benzene rings is 1. The van der Waals surface area contributed by atoms with E-state index in [1.807, 2.05) is 0 Å². The lowest BCUT2D eigenvalue weighted by Gasteiger charge is -2.19. The van der Waals surface area contributed by atoms with Crippen LogP contribution in [0, 0.1) is 12.8 Å². The van der Waals surface area contributed by atoms with Gasteiger partial charge in [0.25, 0.3) is 0 Å². The van der Waals surface area contributed by atoms with Crippen LogP contribution in [0.2, 0.25) is 0 Å². The molecule has 0 aromatic heterocycles. The number of primary amides is 1. The molecule has 1 aromatic carbocycles. The highest BCUT2D eigenvalue weighted by atomic mass is 16.4. The molecule has 2 rings (SSSR count). The predicted molar refractivity (Wildman–Crippen MR) is 76.0 cm³/mol. The van der Waals surface area contributed by atoms with Crippen molar-refractivity contribution in [3.05, 3.63) is 29.3 Å². The highest BCUT2D eigenvalue weighted by Gasteiger charge is 2.30. The van der Waals surface area contributed by atoms with Crippen molar-refractivity contribution in [2.24, 2.45) is 11.7 Å². The van der Waals surface area contributed by atoms with Gasteiger partial charge < -0.3 is 21.1 Å². The van der Waals surface area contributed by atoms with Crippen LogP contribution in [-0.2, 0) is 4.79 Å². The van der Waals surface area contributed by atoms with Gasteiger partial charge in [0.05, 0.1) is 17.2 Å². The average Bonchev–Trinajstić information content (AvgIpc) is 2.90. The third-order valence-corrected chi connectivity index (χ3v) is 3.61. The van der Waals surface area contributed by atoms with E-state index in [1.165, 1.54) is 11.0 Å². The first kappa shape index (κ1) is 14.8. The van der Waals surface area contributed by atoms with Crippen molar-refractivity contribution in [3.8, 4) is 0 Å². The van der Waals surface area contributed by atoms with Crippen molar-refractivity contribution in [2.75, 3.05) is 18.4 Å². The number of likely N-dealkylation sites (tertiary alicyclic amines) is 1. The molecule has 1 aliphatic rings. The van der Waals surface area contributed by atoms with Crippen molar-refractivity contribution in [3.63, 3.8) is 0 Å². The van der Waals surface area contributed by atoms with Gasteiger partial charge >= 0.3 is 12.0 Å². The van der Waals surface area contributed by atoms with Gasteiger partial charge in [-0.1, -0.05) is 12.1 Å². The highest BCUT2D eigenvalue weighted by molar-refractivity contribution is 6.01. The van der Waals surface area contributed by atoms with Gasteiger partial charge in [0, 0.05) is 13.1 Å². The summed E-state index contributed by atoms with van der Waals surface area (Å²) in [5, 5.41) is 11.8. The number of para-hydroxylation sites is 1. The molecule has 1 aromatic rings. The zero-order valence-electron chi connectivity index (χ0n) is 11.6. The lowest BCUT2D eigenvalue weighted by Crippen LogP contribution is -2.35. The topological polar surface area (TPSA) is 113 Å². The SMILES string of the molecule is Cc1cccc(C(=O)O)c1NC(=O)N1CCC(C(N)=O)C1. The number of aromatic carboxylic acids is 1. The normalized spacial score (nSPS) is 17.6. The Morgan fingerprint density at radius 3 is 2.67 bits per heavy atom. The number of rotatable bonds is 3. The van der Waals surface area contributed by atoms with Crippen molar-refractivity contribution >= 4 is 23.6 Å². The summed E-state index contributed by atoms with van der Waals surface area (Å²) >= 11 is 0. The van der Waals surface area contributed by atoms with Crippen LogP contribution in [0.15, 0.2) is 18.2 Å². The number of hydrogen-bond donors (Lipinski definition) is 3. The number of nitrogens with zero attached hydrogens (tertiary/aromatic N) is 1. The molecule has 21 heavy (non-hydrogen) atoms. The summed E-state index contributed by atoms with van der Waals surface area (Å²) in [6.07, 6.45) is 0.530. The van der Waals surface area contributed by atoms with Gasteiger partial charge in [0.1, 0.15) is 0 Å². The Labute approximate surface area is 121 Å². The Balaban J connectivity index is 2.14. The summed E-state index contributed by atoms with van der Waals surface area (Å²) < 4.78 is 0. The second kappa shape index (κ2) is 5.82. The Hall–Kier alpha value is -2.57. The number of carboxylic acid groups (broad SMARTS) is 1. The molecule has 1 aliphatic heterocycles. The van der Waals surface area contributed by atoms with E-state index in [-0.39, 0.29) is 23.7 Å². The molecule has 0 bridgehead atoms. The van der Waals surface area contributed by atoms with E-state index in [4.69, 9.17) is 10.8 Å². The third kappa shape index (κ3) is 3.13. The standard InChI is InChI=1S/C14H17N3O4/c1-8-3-2-4-10(13(19)20)11(8)16-14(21)17-6-5-9(7-17)12(15)18/h2-4,9H,5-7H2,1H3,(H2,15,18)(H,16,21)(H,19,20). The number of amides is 3. The van der Waals surface area contributed by atoms with E-state index < -0.39 is 17.9 Å². The molecule has 112 valence electrons. The largest absolute Gasteiger partial charge is 0.478 e. The van der Waals surface area contributed by atoms with Gasteiger partial charge in [0.15, 0.2) is 0 Å². The highest BCUT2D eigenvalue weighted by Crippen LogP contribution is 2.23. The lowest BCUT2D eigenvalue weighted by molar-refractivity contribution is -0.121. The molecule has 1 atom stereocenters. The van der Waals surface area contributed by atoms with Gasteiger partial charge in [-0.05, 0) is 25.0 Å². The van der Waals surface area contributed by atoms with Crippen LogP contribution in [0.4, 0.5) is 10.5 Å². The van der Waals surface area contributed by atoms with Crippen molar-refractivity contribution < 1.29 is 19.5 Å². The number of hydrogen-bond acceptors (Lipinski definition) is 3. The smallest absolute Gasteiger partial charge is 0.337 e. The van der Waals surface area contributed by atoms with Crippen LogP contribution in [0.5, 0.6) is 0 Å². The van der Waals surface area contributed by atoms with Crippen LogP contribution >= 0.6 is 0 Å². The molecule has 0 radical (unpaired) electrons. The summed E-state index contributed by atoms with van der Waals surface area (Å²) in [6.45, 7) is 2.40. The van der Waals surface area contributed by atoms with E-state index in [9.17, 15) is 14.4 Å². The number of carboxylic acids is 1. The summed E-state index contributed by atoms with van der Waals surface area (Å²) in [7, 11) is 0. The van der Waals surface area contributed by atoms with Crippen LogP contribution in [0.3, 0.4) is 0 Å². The molecule has 0 saturated carbocycles. The van der Waals surface area contributed by atoms with E-state index >= 15 is 0 Å². The molecule has 1 saturated heterocycles. The lowest BCUT2D eigenvalue weighted by atomic mass is 10.1. The molecule has 4 N–H and O–H groups in total. The minimum Gasteiger partial charge on any atom is -0.478 e. The van der Waals surface area contributed by atoms with Crippen LogP contribution in [0.25, 0.3) is 0 Å². The fraction of sp³-hybridized carbons (Fsp3) is 0.357. The Bertz CT molecular complexity index is 600. The van der Waals surface area contributed by atoms with Gasteiger partial charge in [-0.25, -0.2) is 9.59 Å². The number of carbonyl (C=O) groups excluding carboxylic acids is 2. The van der Waals surface area contributed by atoms with Crippen LogP contribution in [-0.4, -0.2) is 41.0 Å². The molecular formula is C14H17N3O4. The zero-order valence-corrected chi connectivity index (χ0v) is 11.6. The average molecular weight is 291 g/mol. The maximum atomic E-state index is 12.2. The third-order valence-electron chi connectivity index (χ3n) is 3.61. The molecule has 1 heterocycles. The number of anilines is 1. The summed E-state index contributed by atoms with van der Waals surface area (Å²) in [6, 6.07) is 4.35. The maximum absolute atomic E-state index is 12.2. The van der Waals surface area contributed by atoms with Gasteiger partial charge in [-0.15, -0.1) is 0 Å². The monoisotopic (exact) mass is 291 g/mol. The minimum atomic E-state index is -1.11. The number of nitrogens with two attached hydrogens (primary N) is 1. The molecule has 0 spiro atoms. The molecule has 0 aliphatic carbocycles. The van der Waals surface area contributed by atoms with E-state index in [0.717, 1.165) is 0 Å². The first-order valence-electron chi connectivity index (χ1n) is 6.58. The van der Waals surface area contributed by atoms with Gasteiger partial charge in [-0.3, -0.25) is 4.79 Å². The zero-order chi connectivity index (χ0) is 15.6. The molecular weight excluding hydrogens is 274 g/mol. The molecule has 1 unspecified atom stereocenters. The fourth-order valence-electron chi connectivity index (χ4n) is 2.37. The fourth-order valence-corrected chi connectivity index (χ4v) is 2.37. The second-order valence-electron chi connectivity index (χ2n) is 5.07. The quantitative estimate of drug-likeness (QED) is 0.772. The van der Waals surface area contributed by atoms with E-state index in [2.05, 4.69) is 5.32 Å². The summed E-state index contributed by atoms with van der Waals surface area (Å²) in [5.74, 6) is -1.87. The number of urea groups is 1. The molecule has 7 heteroatoms.